The van der Waals surface area contributed by atoms with Crippen molar-refractivity contribution in [2.75, 3.05) is 11.9 Å². The molecule has 2 aliphatic rings. The van der Waals surface area contributed by atoms with Gasteiger partial charge in [-0.25, -0.2) is 4.98 Å². The van der Waals surface area contributed by atoms with Gasteiger partial charge in [0, 0.05) is 25.0 Å². The third-order valence-corrected chi connectivity index (χ3v) is 3.67. The van der Waals surface area contributed by atoms with Crippen molar-refractivity contribution < 1.29 is 0 Å². The number of fused-ring (bicyclic) bond motifs is 1. The maximum Gasteiger partial charge on any atom is 0.204 e. The number of halogens is 1. The van der Waals surface area contributed by atoms with Crippen molar-refractivity contribution in [3.8, 4) is 0 Å². The lowest BCUT2D eigenvalue weighted by atomic mass is 10.3. The number of hydrogen-bond acceptors (Lipinski definition) is 3. The summed E-state index contributed by atoms with van der Waals surface area (Å²) in [6.07, 6.45) is 2.56. The highest BCUT2D eigenvalue weighted by Crippen LogP contribution is 2.43. The summed E-state index contributed by atoms with van der Waals surface area (Å²) in [6.45, 7) is 1.69. The highest BCUT2D eigenvalue weighted by Gasteiger charge is 2.32. The molecule has 1 aliphatic carbocycles. The molecule has 0 radical (unpaired) electrons. The summed E-state index contributed by atoms with van der Waals surface area (Å²) in [5.74, 6) is 1.65. The molecule has 0 bridgehead atoms. The molecule has 1 aliphatic heterocycles. The number of aromatic nitrogens is 2. The van der Waals surface area contributed by atoms with Gasteiger partial charge in [-0.05, 0) is 28.8 Å². The Labute approximate surface area is 91.0 Å². The van der Waals surface area contributed by atoms with Crippen molar-refractivity contribution in [3.05, 3.63) is 10.3 Å². The number of nitrogens with one attached hydrogen (secondary N) is 1. The molecule has 0 spiro atoms. The van der Waals surface area contributed by atoms with E-state index in [1.165, 1.54) is 18.5 Å². The Bertz CT molecular complexity index is 369. The summed E-state index contributed by atoms with van der Waals surface area (Å²) in [5.41, 5.74) is 7.10. The van der Waals surface area contributed by atoms with Gasteiger partial charge in [0.15, 0.2) is 0 Å². The highest BCUT2D eigenvalue weighted by molar-refractivity contribution is 9.10. The number of imidazole rings is 1. The molecule has 1 fully saturated rings. The van der Waals surface area contributed by atoms with E-state index < -0.39 is 0 Å². The molecule has 3 N–H and O–H groups in total. The fraction of sp³-hybridized carbons (Fsp3) is 0.667. The van der Waals surface area contributed by atoms with Crippen LogP contribution in [-0.4, -0.2) is 22.1 Å². The zero-order valence-electron chi connectivity index (χ0n) is 7.83. The van der Waals surface area contributed by atoms with Crippen molar-refractivity contribution in [1.29, 1.82) is 0 Å². The Morgan fingerprint density at radius 3 is 3.00 bits per heavy atom. The van der Waals surface area contributed by atoms with Crippen molar-refractivity contribution in [2.45, 2.75) is 31.3 Å². The maximum absolute atomic E-state index is 5.89. The van der Waals surface area contributed by atoms with Crippen LogP contribution in [0.25, 0.3) is 0 Å². The fourth-order valence-electron chi connectivity index (χ4n) is 1.89. The molecule has 5 heteroatoms. The molecule has 1 saturated carbocycles. The summed E-state index contributed by atoms with van der Waals surface area (Å²) < 4.78 is 3.26. The summed E-state index contributed by atoms with van der Waals surface area (Å²) >= 11 is 3.61. The Kier molecular flexibility index (Phi) is 1.85. The second kappa shape index (κ2) is 2.97. The van der Waals surface area contributed by atoms with Crippen LogP contribution in [0.5, 0.6) is 0 Å². The topological polar surface area (TPSA) is 55.9 Å². The monoisotopic (exact) mass is 256 g/mol. The molecule has 0 saturated heterocycles. The van der Waals surface area contributed by atoms with Crippen molar-refractivity contribution in [1.82, 2.24) is 9.55 Å². The van der Waals surface area contributed by atoms with E-state index in [-0.39, 0.29) is 6.04 Å². The Morgan fingerprint density at radius 2 is 2.29 bits per heavy atom. The summed E-state index contributed by atoms with van der Waals surface area (Å²) in [4.78, 5) is 4.60. The molecular weight excluding hydrogens is 244 g/mol. The van der Waals surface area contributed by atoms with E-state index in [9.17, 15) is 0 Å². The standard InChI is InChI=1S/C9H13BrN4/c10-8-7(5-1-2-5)13-9-12-3-6(11)4-14(8)9/h5-6H,1-4,11H2,(H,12,13). The van der Waals surface area contributed by atoms with Crippen molar-refractivity contribution >= 4 is 21.9 Å². The van der Waals surface area contributed by atoms with Crippen LogP contribution in [0.4, 0.5) is 5.95 Å². The number of nitrogens with two attached hydrogens (primary N) is 1. The molecule has 14 heavy (non-hydrogen) atoms. The predicted molar refractivity (Wildman–Crippen MR) is 58.4 cm³/mol. The first kappa shape index (κ1) is 8.73. The molecular formula is C9H13BrN4. The minimum absolute atomic E-state index is 0.194. The van der Waals surface area contributed by atoms with Gasteiger partial charge in [-0.15, -0.1) is 0 Å². The second-order valence-electron chi connectivity index (χ2n) is 4.14. The largest absolute Gasteiger partial charge is 0.354 e. The number of hydrogen-bond donors (Lipinski definition) is 2. The van der Waals surface area contributed by atoms with Crippen molar-refractivity contribution in [2.24, 2.45) is 5.73 Å². The first-order valence-electron chi connectivity index (χ1n) is 5.01. The van der Waals surface area contributed by atoms with Crippen molar-refractivity contribution in [3.63, 3.8) is 0 Å². The minimum atomic E-state index is 0.194. The van der Waals surface area contributed by atoms with E-state index in [0.29, 0.717) is 5.92 Å². The number of rotatable bonds is 1. The van der Waals surface area contributed by atoms with Crippen LogP contribution < -0.4 is 11.1 Å². The normalized spacial score (nSPS) is 25.7. The molecule has 1 atom stereocenters. The highest BCUT2D eigenvalue weighted by atomic mass is 79.9. The van der Waals surface area contributed by atoms with Gasteiger partial charge in [-0.2, -0.15) is 0 Å². The van der Waals surface area contributed by atoms with Gasteiger partial charge in [-0.3, -0.25) is 0 Å². The van der Waals surface area contributed by atoms with Gasteiger partial charge in [0.05, 0.1) is 5.69 Å². The lowest BCUT2D eigenvalue weighted by Gasteiger charge is -2.22. The van der Waals surface area contributed by atoms with Crippen LogP contribution in [0.3, 0.4) is 0 Å². The number of anilines is 1. The van der Waals surface area contributed by atoms with Crippen LogP contribution in [0.2, 0.25) is 0 Å². The van der Waals surface area contributed by atoms with Crippen LogP contribution in [0.15, 0.2) is 4.60 Å². The van der Waals surface area contributed by atoms with Crippen LogP contribution in [0, 0.1) is 0 Å². The summed E-state index contributed by atoms with van der Waals surface area (Å²) in [6, 6.07) is 0.194. The average molecular weight is 257 g/mol. The summed E-state index contributed by atoms with van der Waals surface area (Å²) in [7, 11) is 0. The zero-order valence-corrected chi connectivity index (χ0v) is 9.42. The summed E-state index contributed by atoms with van der Waals surface area (Å²) in [5, 5.41) is 3.25. The minimum Gasteiger partial charge on any atom is -0.354 e. The first-order valence-corrected chi connectivity index (χ1v) is 5.80. The van der Waals surface area contributed by atoms with E-state index in [1.807, 2.05) is 0 Å². The SMILES string of the molecule is NC1CNc2nc(C3CC3)c(Br)n2C1. The number of nitrogens with zero attached hydrogens (tertiary/aromatic N) is 2. The van der Waals surface area contributed by atoms with E-state index in [1.54, 1.807) is 0 Å². The van der Waals surface area contributed by atoms with Gasteiger partial charge in [0.1, 0.15) is 4.60 Å². The van der Waals surface area contributed by atoms with Crippen LogP contribution in [-0.2, 0) is 6.54 Å². The van der Waals surface area contributed by atoms with Gasteiger partial charge in [0.25, 0.3) is 0 Å². The lowest BCUT2D eigenvalue weighted by Crippen LogP contribution is -2.38. The maximum atomic E-state index is 5.89. The third-order valence-electron chi connectivity index (χ3n) is 2.83. The predicted octanol–water partition coefficient (Wildman–Crippen LogP) is 1.28. The molecule has 4 nitrogen and oxygen atoms in total. The molecule has 1 unspecified atom stereocenters. The molecule has 3 rings (SSSR count). The quantitative estimate of drug-likeness (QED) is 0.796. The molecule has 1 aromatic heterocycles. The van der Waals surface area contributed by atoms with Gasteiger partial charge < -0.3 is 15.6 Å². The van der Waals surface area contributed by atoms with E-state index >= 15 is 0 Å². The fourth-order valence-corrected chi connectivity index (χ4v) is 2.62. The van der Waals surface area contributed by atoms with Crippen LogP contribution >= 0.6 is 15.9 Å². The Morgan fingerprint density at radius 1 is 1.50 bits per heavy atom. The molecule has 0 amide bonds. The smallest absolute Gasteiger partial charge is 0.204 e. The van der Waals surface area contributed by atoms with Gasteiger partial charge in [0.2, 0.25) is 5.95 Å². The molecule has 0 aromatic carbocycles. The van der Waals surface area contributed by atoms with E-state index in [0.717, 1.165) is 23.6 Å². The second-order valence-corrected chi connectivity index (χ2v) is 4.89. The third kappa shape index (κ3) is 1.26. The van der Waals surface area contributed by atoms with E-state index in [4.69, 9.17) is 5.73 Å². The van der Waals surface area contributed by atoms with Gasteiger partial charge >= 0.3 is 0 Å². The zero-order chi connectivity index (χ0) is 9.71. The average Bonchev–Trinajstić information content (AvgIpc) is 2.95. The first-order chi connectivity index (χ1) is 6.75. The van der Waals surface area contributed by atoms with E-state index in [2.05, 4.69) is 30.8 Å². The molecule has 1 aromatic rings. The van der Waals surface area contributed by atoms with Crippen LogP contribution in [0.1, 0.15) is 24.5 Å². The lowest BCUT2D eigenvalue weighted by molar-refractivity contribution is 0.536. The molecule has 2 heterocycles. The Hall–Kier alpha value is -0.550. The Balaban J connectivity index is 2.02. The molecule has 76 valence electrons. The van der Waals surface area contributed by atoms with Gasteiger partial charge in [-0.1, -0.05) is 0 Å².